The molecule has 0 bridgehead atoms. The number of rotatable bonds is 2. The lowest BCUT2D eigenvalue weighted by Gasteiger charge is -2.30. The Morgan fingerprint density at radius 2 is 2.20 bits per heavy atom. The topological polar surface area (TPSA) is 29.9 Å². The van der Waals surface area contributed by atoms with Crippen LogP contribution in [0.4, 0.5) is 4.39 Å². The van der Waals surface area contributed by atoms with Crippen LogP contribution in [-0.2, 0) is 0 Å². The lowest BCUT2D eigenvalue weighted by molar-refractivity contribution is 0.286. The second-order valence-corrected chi connectivity index (χ2v) is 6.09. The first kappa shape index (κ1) is 13.6. The number of imidazole rings is 1. The molecule has 1 aromatic heterocycles. The van der Waals surface area contributed by atoms with Crippen molar-refractivity contribution in [3.05, 3.63) is 29.8 Å². The van der Waals surface area contributed by atoms with Gasteiger partial charge in [0, 0.05) is 6.04 Å². The number of piperidine rings is 1. The Labute approximate surface area is 119 Å². The summed E-state index contributed by atoms with van der Waals surface area (Å²) in [5.41, 5.74) is 1.39. The standard InChI is InChI=1S/C16H22FN3/c1-10(2)20-13-8-4-7-12(17)15(13)19-16(20)14-11(3)6-5-9-18-14/h4,7-8,10-11,14,18H,5-6,9H2,1-3H3. The van der Waals surface area contributed by atoms with E-state index in [0.717, 1.165) is 17.9 Å². The largest absolute Gasteiger partial charge is 0.324 e. The summed E-state index contributed by atoms with van der Waals surface area (Å²) >= 11 is 0. The number of nitrogens with one attached hydrogen (secondary N) is 1. The van der Waals surface area contributed by atoms with Gasteiger partial charge in [-0.05, 0) is 51.3 Å². The monoisotopic (exact) mass is 275 g/mol. The van der Waals surface area contributed by atoms with E-state index in [0.29, 0.717) is 11.4 Å². The summed E-state index contributed by atoms with van der Waals surface area (Å²) < 4.78 is 16.2. The maximum atomic E-state index is 14.0. The third kappa shape index (κ3) is 2.12. The normalized spacial score (nSPS) is 23.6. The lowest BCUT2D eigenvalue weighted by atomic mass is 9.92. The van der Waals surface area contributed by atoms with Crippen LogP contribution < -0.4 is 5.32 Å². The minimum atomic E-state index is -0.230. The SMILES string of the molecule is CC1CCCNC1c1nc2c(F)cccc2n1C(C)C. The summed E-state index contributed by atoms with van der Waals surface area (Å²) in [4.78, 5) is 4.63. The van der Waals surface area contributed by atoms with Crippen LogP contribution in [-0.4, -0.2) is 16.1 Å². The molecule has 1 N–H and O–H groups in total. The quantitative estimate of drug-likeness (QED) is 0.903. The summed E-state index contributed by atoms with van der Waals surface area (Å²) in [5.74, 6) is 1.28. The zero-order valence-corrected chi connectivity index (χ0v) is 12.4. The highest BCUT2D eigenvalue weighted by Crippen LogP contribution is 2.33. The van der Waals surface area contributed by atoms with E-state index in [2.05, 4.69) is 35.6 Å². The molecule has 1 aliphatic rings. The van der Waals surface area contributed by atoms with E-state index in [1.54, 1.807) is 6.07 Å². The van der Waals surface area contributed by atoms with Gasteiger partial charge in [-0.1, -0.05) is 13.0 Å². The molecule has 2 aromatic rings. The molecule has 2 heterocycles. The van der Waals surface area contributed by atoms with Crippen molar-refractivity contribution in [3.63, 3.8) is 0 Å². The zero-order valence-electron chi connectivity index (χ0n) is 12.4. The maximum Gasteiger partial charge on any atom is 0.151 e. The number of nitrogens with zero attached hydrogens (tertiary/aromatic N) is 2. The van der Waals surface area contributed by atoms with Crippen molar-refractivity contribution in [3.8, 4) is 0 Å². The van der Waals surface area contributed by atoms with Crippen LogP contribution in [0.5, 0.6) is 0 Å². The Bertz CT molecular complexity index is 617. The second-order valence-electron chi connectivity index (χ2n) is 6.09. The molecule has 0 radical (unpaired) electrons. The van der Waals surface area contributed by atoms with Crippen molar-refractivity contribution in [1.82, 2.24) is 14.9 Å². The van der Waals surface area contributed by atoms with E-state index in [-0.39, 0.29) is 17.9 Å². The predicted molar refractivity (Wildman–Crippen MR) is 79.2 cm³/mol. The number of hydrogen-bond donors (Lipinski definition) is 1. The molecule has 0 spiro atoms. The van der Waals surface area contributed by atoms with Crippen molar-refractivity contribution in [2.75, 3.05) is 6.54 Å². The van der Waals surface area contributed by atoms with E-state index in [1.165, 1.54) is 18.9 Å². The van der Waals surface area contributed by atoms with Crippen molar-refractivity contribution in [1.29, 1.82) is 0 Å². The zero-order chi connectivity index (χ0) is 14.3. The summed E-state index contributed by atoms with van der Waals surface area (Å²) in [6.07, 6.45) is 2.40. The molecule has 3 rings (SSSR count). The third-order valence-corrected chi connectivity index (χ3v) is 4.26. The molecule has 108 valence electrons. The Hall–Kier alpha value is -1.42. The summed E-state index contributed by atoms with van der Waals surface area (Å²) in [6, 6.07) is 5.70. The van der Waals surface area contributed by atoms with Crippen molar-refractivity contribution < 1.29 is 4.39 Å². The van der Waals surface area contributed by atoms with Crippen LogP contribution in [0.2, 0.25) is 0 Å². The van der Waals surface area contributed by atoms with E-state index in [4.69, 9.17) is 0 Å². The van der Waals surface area contributed by atoms with Crippen LogP contribution in [0, 0.1) is 11.7 Å². The molecule has 0 saturated carbocycles. The van der Waals surface area contributed by atoms with E-state index < -0.39 is 0 Å². The number of para-hydroxylation sites is 1. The summed E-state index contributed by atoms with van der Waals surface area (Å²) in [7, 11) is 0. The number of fused-ring (bicyclic) bond motifs is 1. The van der Waals surface area contributed by atoms with E-state index in [1.807, 2.05) is 6.07 Å². The summed E-state index contributed by atoms with van der Waals surface area (Å²) in [6.45, 7) is 7.52. The fraction of sp³-hybridized carbons (Fsp3) is 0.562. The van der Waals surface area contributed by atoms with Crippen LogP contribution >= 0.6 is 0 Å². The Morgan fingerprint density at radius 1 is 1.40 bits per heavy atom. The van der Waals surface area contributed by atoms with Gasteiger partial charge in [0.25, 0.3) is 0 Å². The third-order valence-electron chi connectivity index (χ3n) is 4.26. The Balaban J connectivity index is 2.18. The molecular formula is C16H22FN3. The molecule has 20 heavy (non-hydrogen) atoms. The number of hydrogen-bond acceptors (Lipinski definition) is 2. The highest BCUT2D eigenvalue weighted by Gasteiger charge is 2.28. The molecule has 3 nitrogen and oxygen atoms in total. The van der Waals surface area contributed by atoms with Gasteiger partial charge >= 0.3 is 0 Å². The average molecular weight is 275 g/mol. The van der Waals surface area contributed by atoms with Crippen molar-refractivity contribution in [2.24, 2.45) is 5.92 Å². The van der Waals surface area contributed by atoms with Crippen molar-refractivity contribution >= 4 is 11.0 Å². The smallest absolute Gasteiger partial charge is 0.151 e. The number of halogens is 1. The fourth-order valence-electron chi connectivity index (χ4n) is 3.26. The highest BCUT2D eigenvalue weighted by molar-refractivity contribution is 5.77. The molecule has 2 atom stereocenters. The van der Waals surface area contributed by atoms with Gasteiger partial charge in [-0.15, -0.1) is 0 Å². The first-order valence-electron chi connectivity index (χ1n) is 7.49. The first-order chi connectivity index (χ1) is 9.59. The highest BCUT2D eigenvalue weighted by atomic mass is 19.1. The molecule has 1 fully saturated rings. The molecule has 0 amide bonds. The molecule has 1 aliphatic heterocycles. The van der Waals surface area contributed by atoms with Gasteiger partial charge in [0.05, 0.1) is 11.6 Å². The first-order valence-corrected chi connectivity index (χ1v) is 7.49. The molecule has 4 heteroatoms. The minimum absolute atomic E-state index is 0.220. The van der Waals surface area contributed by atoms with E-state index in [9.17, 15) is 4.39 Å². The molecule has 1 saturated heterocycles. The molecule has 1 aromatic carbocycles. The number of benzene rings is 1. The van der Waals surface area contributed by atoms with Gasteiger partial charge in [0.15, 0.2) is 5.82 Å². The van der Waals surface area contributed by atoms with Crippen LogP contribution in [0.15, 0.2) is 18.2 Å². The minimum Gasteiger partial charge on any atom is -0.324 e. The van der Waals surface area contributed by atoms with Crippen LogP contribution in [0.1, 0.15) is 51.5 Å². The summed E-state index contributed by atoms with van der Waals surface area (Å²) in [5, 5.41) is 3.56. The second kappa shape index (κ2) is 5.17. The maximum absolute atomic E-state index is 14.0. The Kier molecular flexibility index (Phi) is 3.50. The van der Waals surface area contributed by atoms with Crippen molar-refractivity contribution in [2.45, 2.75) is 45.7 Å². The molecular weight excluding hydrogens is 253 g/mol. The predicted octanol–water partition coefficient (Wildman–Crippen LogP) is 3.82. The van der Waals surface area contributed by atoms with Crippen LogP contribution in [0.25, 0.3) is 11.0 Å². The molecule has 0 aliphatic carbocycles. The van der Waals surface area contributed by atoms with Gasteiger partial charge in [-0.3, -0.25) is 0 Å². The molecule has 2 unspecified atom stereocenters. The number of aromatic nitrogens is 2. The average Bonchev–Trinajstić information content (AvgIpc) is 2.80. The van der Waals surface area contributed by atoms with Gasteiger partial charge in [-0.2, -0.15) is 0 Å². The van der Waals surface area contributed by atoms with Gasteiger partial charge in [0.2, 0.25) is 0 Å². The van der Waals surface area contributed by atoms with Gasteiger partial charge in [-0.25, -0.2) is 9.37 Å². The van der Waals surface area contributed by atoms with Crippen LogP contribution in [0.3, 0.4) is 0 Å². The lowest BCUT2D eigenvalue weighted by Crippen LogP contribution is -2.35. The van der Waals surface area contributed by atoms with E-state index >= 15 is 0 Å². The van der Waals surface area contributed by atoms with Gasteiger partial charge in [0.1, 0.15) is 11.3 Å². The Morgan fingerprint density at radius 3 is 2.90 bits per heavy atom. The van der Waals surface area contributed by atoms with Gasteiger partial charge < -0.3 is 9.88 Å². The fourth-order valence-corrected chi connectivity index (χ4v) is 3.26.